The molecule has 7 heteroatoms. The summed E-state index contributed by atoms with van der Waals surface area (Å²) in [4.78, 5) is 14.2. The van der Waals surface area contributed by atoms with Gasteiger partial charge in [0.15, 0.2) is 0 Å². The van der Waals surface area contributed by atoms with E-state index in [2.05, 4.69) is 0 Å². The Morgan fingerprint density at radius 3 is 2.46 bits per heavy atom. The number of aliphatic hydroxyl groups excluding tert-OH is 1. The van der Waals surface area contributed by atoms with Gasteiger partial charge in [0, 0.05) is 25.2 Å². The van der Waals surface area contributed by atoms with Gasteiger partial charge in [0.05, 0.1) is 17.9 Å². The van der Waals surface area contributed by atoms with Gasteiger partial charge in [-0.1, -0.05) is 17.7 Å². The van der Waals surface area contributed by atoms with Gasteiger partial charge in [0.1, 0.15) is 0 Å². The van der Waals surface area contributed by atoms with Gasteiger partial charge in [-0.05, 0) is 38.3 Å². The number of carbonyl (C=O) groups is 1. The van der Waals surface area contributed by atoms with Crippen molar-refractivity contribution in [1.82, 2.24) is 9.21 Å². The smallest absolute Gasteiger partial charge is 0.253 e. The van der Waals surface area contributed by atoms with E-state index in [1.54, 1.807) is 17.0 Å². The topological polar surface area (TPSA) is 77.9 Å². The number of hydrogen-bond acceptors (Lipinski definition) is 4. The third-order valence-electron chi connectivity index (χ3n) is 5.28. The molecule has 1 aromatic carbocycles. The van der Waals surface area contributed by atoms with Crippen molar-refractivity contribution < 1.29 is 18.3 Å². The maximum atomic E-state index is 12.6. The van der Waals surface area contributed by atoms with Gasteiger partial charge >= 0.3 is 0 Å². The molecule has 6 nitrogen and oxygen atoms in total. The number of likely N-dealkylation sites (tertiary alicyclic amines) is 1. The van der Waals surface area contributed by atoms with Crippen LogP contribution in [0.25, 0.3) is 0 Å². The zero-order valence-electron chi connectivity index (χ0n) is 14.1. The number of rotatable bonds is 2. The first-order chi connectivity index (χ1) is 11.2. The van der Waals surface area contributed by atoms with Crippen molar-refractivity contribution in [3.63, 3.8) is 0 Å². The highest BCUT2D eigenvalue weighted by molar-refractivity contribution is 7.88. The molecule has 0 aromatic heterocycles. The largest absolute Gasteiger partial charge is 0.389 e. The molecule has 1 aromatic rings. The predicted molar refractivity (Wildman–Crippen MR) is 91.2 cm³/mol. The van der Waals surface area contributed by atoms with Crippen LogP contribution < -0.4 is 0 Å². The number of aryl methyl sites for hydroxylation is 1. The van der Waals surface area contributed by atoms with Gasteiger partial charge in [-0.15, -0.1) is 0 Å². The van der Waals surface area contributed by atoms with E-state index in [1.165, 1.54) is 10.6 Å². The molecule has 2 atom stereocenters. The van der Waals surface area contributed by atoms with E-state index in [-0.39, 0.29) is 12.5 Å². The number of β-amino-alcohol motifs (C(OH)–C–C–N with tert-alkyl or cyclic N) is 1. The Hall–Kier alpha value is -1.44. The van der Waals surface area contributed by atoms with E-state index in [0.29, 0.717) is 31.5 Å². The summed E-state index contributed by atoms with van der Waals surface area (Å²) in [5, 5.41) is 10.7. The van der Waals surface area contributed by atoms with Crippen molar-refractivity contribution >= 4 is 15.9 Å². The first-order valence-corrected chi connectivity index (χ1v) is 10.1. The van der Waals surface area contributed by atoms with E-state index in [4.69, 9.17) is 0 Å². The molecule has 1 spiro atoms. The zero-order chi connectivity index (χ0) is 17.5. The van der Waals surface area contributed by atoms with E-state index in [9.17, 15) is 18.3 Å². The molecule has 2 aliphatic heterocycles. The summed E-state index contributed by atoms with van der Waals surface area (Å²) in [6.45, 7) is 3.03. The lowest BCUT2D eigenvalue weighted by Gasteiger charge is -2.47. The Kier molecular flexibility index (Phi) is 4.44. The zero-order valence-corrected chi connectivity index (χ0v) is 14.9. The first-order valence-electron chi connectivity index (χ1n) is 8.26. The summed E-state index contributed by atoms with van der Waals surface area (Å²) in [5.41, 5.74) is 0.923. The number of nitrogens with zero attached hydrogens (tertiary/aromatic N) is 2. The van der Waals surface area contributed by atoms with Crippen molar-refractivity contribution in [3.8, 4) is 0 Å². The fourth-order valence-corrected chi connectivity index (χ4v) is 5.41. The highest BCUT2D eigenvalue weighted by Crippen LogP contribution is 2.40. The molecule has 2 fully saturated rings. The summed E-state index contributed by atoms with van der Waals surface area (Å²) in [6, 6.07) is 7.34. The SMILES string of the molecule is Cc1ccc(C(=O)N2CC[C@@]3(CCCN3S(C)(=O)=O)[C@@H](O)C2)cc1. The molecule has 2 heterocycles. The molecule has 24 heavy (non-hydrogen) atoms. The molecule has 0 aliphatic carbocycles. The number of piperidine rings is 1. The first kappa shape index (κ1) is 17.4. The highest BCUT2D eigenvalue weighted by Gasteiger charge is 2.53. The van der Waals surface area contributed by atoms with Crippen LogP contribution in [0.1, 0.15) is 35.2 Å². The van der Waals surface area contributed by atoms with Crippen LogP contribution in [-0.2, 0) is 10.0 Å². The number of hydrogen-bond donors (Lipinski definition) is 1. The molecule has 0 bridgehead atoms. The van der Waals surface area contributed by atoms with Gasteiger partial charge in [-0.3, -0.25) is 4.79 Å². The Morgan fingerprint density at radius 2 is 1.88 bits per heavy atom. The van der Waals surface area contributed by atoms with Gasteiger partial charge in [0.25, 0.3) is 5.91 Å². The summed E-state index contributed by atoms with van der Waals surface area (Å²) in [6.07, 6.45) is 2.19. The molecule has 1 amide bonds. The standard InChI is InChI=1S/C17H24N2O4S/c1-13-4-6-14(7-5-13)16(21)18-11-9-17(15(20)12-18)8-3-10-19(17)24(2,22)23/h4-7,15,20H,3,8-12H2,1-2H3/t15-,17-/m0/s1. The van der Waals surface area contributed by atoms with E-state index < -0.39 is 21.7 Å². The van der Waals surface area contributed by atoms with Crippen LogP contribution >= 0.6 is 0 Å². The normalized spacial score (nSPS) is 28.5. The fraction of sp³-hybridized carbons (Fsp3) is 0.588. The lowest BCUT2D eigenvalue weighted by molar-refractivity contribution is -0.0292. The average Bonchev–Trinajstić information content (AvgIpc) is 2.95. The Balaban J connectivity index is 1.78. The molecule has 3 rings (SSSR count). The Bertz CT molecular complexity index is 731. The number of aliphatic hydroxyl groups is 1. The minimum absolute atomic E-state index is 0.118. The Labute approximate surface area is 143 Å². The quantitative estimate of drug-likeness (QED) is 0.861. The van der Waals surface area contributed by atoms with E-state index in [1.807, 2.05) is 19.1 Å². The lowest BCUT2D eigenvalue weighted by Crippen LogP contribution is -2.63. The number of sulfonamides is 1. The second kappa shape index (κ2) is 6.13. The molecule has 0 unspecified atom stereocenters. The number of amides is 1. The maximum absolute atomic E-state index is 12.6. The molecule has 2 saturated heterocycles. The van der Waals surface area contributed by atoms with Gasteiger partial charge in [-0.2, -0.15) is 4.31 Å². The minimum atomic E-state index is -3.37. The van der Waals surface area contributed by atoms with Gasteiger partial charge in [0.2, 0.25) is 10.0 Å². The highest BCUT2D eigenvalue weighted by atomic mass is 32.2. The average molecular weight is 352 g/mol. The van der Waals surface area contributed by atoms with Crippen LogP contribution in [-0.4, -0.2) is 66.2 Å². The summed E-state index contributed by atoms with van der Waals surface area (Å²) >= 11 is 0. The van der Waals surface area contributed by atoms with E-state index in [0.717, 1.165) is 12.0 Å². The van der Waals surface area contributed by atoms with Crippen LogP contribution in [0.5, 0.6) is 0 Å². The summed E-state index contributed by atoms with van der Waals surface area (Å²) in [7, 11) is -3.37. The lowest BCUT2D eigenvalue weighted by atomic mass is 9.83. The number of carbonyl (C=O) groups excluding carboxylic acids is 1. The van der Waals surface area contributed by atoms with Gasteiger partial charge < -0.3 is 10.0 Å². The van der Waals surface area contributed by atoms with Crippen LogP contribution in [0.3, 0.4) is 0 Å². The van der Waals surface area contributed by atoms with Crippen molar-refractivity contribution in [2.24, 2.45) is 0 Å². The molecule has 2 aliphatic rings. The van der Waals surface area contributed by atoms with Crippen molar-refractivity contribution in [1.29, 1.82) is 0 Å². The van der Waals surface area contributed by atoms with Crippen LogP contribution in [0.2, 0.25) is 0 Å². The predicted octanol–water partition coefficient (Wildman–Crippen LogP) is 0.996. The summed E-state index contributed by atoms with van der Waals surface area (Å²) < 4.78 is 25.6. The third kappa shape index (κ3) is 2.96. The molecule has 0 radical (unpaired) electrons. The molecule has 0 saturated carbocycles. The van der Waals surface area contributed by atoms with Crippen molar-refractivity contribution in [2.45, 2.75) is 37.8 Å². The maximum Gasteiger partial charge on any atom is 0.253 e. The molecule has 1 N–H and O–H groups in total. The fourth-order valence-electron chi connectivity index (χ4n) is 3.98. The Morgan fingerprint density at radius 1 is 1.21 bits per heavy atom. The molecule has 132 valence electrons. The molecular weight excluding hydrogens is 328 g/mol. The van der Waals surface area contributed by atoms with Crippen molar-refractivity contribution in [2.75, 3.05) is 25.9 Å². The van der Waals surface area contributed by atoms with Crippen molar-refractivity contribution in [3.05, 3.63) is 35.4 Å². The minimum Gasteiger partial charge on any atom is -0.389 e. The second-order valence-corrected chi connectivity index (χ2v) is 8.83. The number of benzene rings is 1. The summed E-state index contributed by atoms with van der Waals surface area (Å²) in [5.74, 6) is -0.118. The van der Waals surface area contributed by atoms with E-state index >= 15 is 0 Å². The second-order valence-electron chi connectivity index (χ2n) is 6.93. The monoisotopic (exact) mass is 352 g/mol. The molecular formula is C17H24N2O4S. The van der Waals surface area contributed by atoms with Gasteiger partial charge in [-0.25, -0.2) is 8.42 Å². The third-order valence-corrected chi connectivity index (χ3v) is 6.63. The van der Waals surface area contributed by atoms with Crippen LogP contribution in [0.4, 0.5) is 0 Å². The van der Waals surface area contributed by atoms with Crippen LogP contribution in [0.15, 0.2) is 24.3 Å². The van der Waals surface area contributed by atoms with Crippen LogP contribution in [0, 0.1) is 6.92 Å².